The van der Waals surface area contributed by atoms with Crippen molar-refractivity contribution in [2.45, 2.75) is 18.9 Å². The first-order valence-electron chi connectivity index (χ1n) is 4.54. The number of hydrogen-bond acceptors (Lipinski definition) is 5. The van der Waals surface area contributed by atoms with Crippen molar-refractivity contribution in [1.29, 1.82) is 0 Å². The SMILES string of the molecule is CS(=O)(=O)CS(=O)(=O)N1CCCC(O)C1. The summed E-state index contributed by atoms with van der Waals surface area (Å²) in [4.78, 5) is 0. The number of piperidine rings is 1. The summed E-state index contributed by atoms with van der Waals surface area (Å²) in [6, 6.07) is 0. The maximum atomic E-state index is 11.6. The molecule has 0 aromatic carbocycles. The molecule has 0 aliphatic carbocycles. The van der Waals surface area contributed by atoms with E-state index < -0.39 is 31.0 Å². The molecule has 0 aromatic rings. The molecule has 1 aliphatic rings. The lowest BCUT2D eigenvalue weighted by atomic mass is 10.1. The zero-order chi connectivity index (χ0) is 11.7. The lowest BCUT2D eigenvalue weighted by Crippen LogP contribution is -2.44. The first-order valence-corrected chi connectivity index (χ1v) is 8.21. The fourth-order valence-electron chi connectivity index (χ4n) is 1.52. The molecule has 0 spiro atoms. The maximum absolute atomic E-state index is 11.6. The molecule has 0 aromatic heterocycles. The summed E-state index contributed by atoms with van der Waals surface area (Å²) in [5, 5.41) is 8.40. The summed E-state index contributed by atoms with van der Waals surface area (Å²) < 4.78 is 46.0. The molecule has 15 heavy (non-hydrogen) atoms. The molecule has 1 saturated heterocycles. The van der Waals surface area contributed by atoms with Crippen molar-refractivity contribution in [3.05, 3.63) is 0 Å². The van der Waals surface area contributed by atoms with Crippen LogP contribution in [0.1, 0.15) is 12.8 Å². The normalized spacial score (nSPS) is 25.3. The Morgan fingerprint density at radius 2 is 1.93 bits per heavy atom. The molecule has 8 heteroatoms. The number of aliphatic hydroxyl groups excluding tert-OH is 1. The van der Waals surface area contributed by atoms with Crippen LogP contribution in [0.25, 0.3) is 0 Å². The van der Waals surface area contributed by atoms with E-state index in [9.17, 15) is 21.9 Å². The number of rotatable bonds is 3. The fourth-order valence-corrected chi connectivity index (χ4v) is 5.09. The Hall–Kier alpha value is -0.180. The standard InChI is InChI=1S/C7H15NO5S2/c1-14(10,11)6-15(12,13)8-4-2-3-7(9)5-8/h7,9H,2-6H2,1H3. The van der Waals surface area contributed by atoms with E-state index in [-0.39, 0.29) is 13.1 Å². The first kappa shape index (κ1) is 12.9. The van der Waals surface area contributed by atoms with E-state index in [4.69, 9.17) is 0 Å². The van der Waals surface area contributed by atoms with Gasteiger partial charge in [0.15, 0.2) is 14.9 Å². The lowest BCUT2D eigenvalue weighted by molar-refractivity contribution is 0.108. The van der Waals surface area contributed by atoms with E-state index in [1.165, 1.54) is 0 Å². The van der Waals surface area contributed by atoms with Crippen LogP contribution in [0.15, 0.2) is 0 Å². The fraction of sp³-hybridized carbons (Fsp3) is 1.00. The average Bonchev–Trinajstić information content (AvgIpc) is 1.99. The lowest BCUT2D eigenvalue weighted by Gasteiger charge is -2.28. The minimum atomic E-state index is -3.79. The van der Waals surface area contributed by atoms with E-state index in [1.54, 1.807) is 0 Å². The summed E-state index contributed by atoms with van der Waals surface area (Å²) >= 11 is 0. The van der Waals surface area contributed by atoms with Gasteiger partial charge in [-0.3, -0.25) is 0 Å². The summed E-state index contributed by atoms with van der Waals surface area (Å²) in [6.07, 6.45) is 1.31. The number of nitrogens with zero attached hydrogens (tertiary/aromatic N) is 1. The third-order valence-corrected chi connectivity index (χ3v) is 6.14. The topological polar surface area (TPSA) is 91.8 Å². The van der Waals surface area contributed by atoms with Crippen LogP contribution in [-0.4, -0.2) is 56.8 Å². The highest BCUT2D eigenvalue weighted by Crippen LogP contribution is 2.14. The van der Waals surface area contributed by atoms with Gasteiger partial charge in [0, 0.05) is 19.3 Å². The van der Waals surface area contributed by atoms with Crippen LogP contribution in [0.4, 0.5) is 0 Å². The minimum absolute atomic E-state index is 0.00213. The first-order chi connectivity index (χ1) is 6.71. The summed E-state index contributed by atoms with van der Waals surface area (Å²) in [7, 11) is -7.35. The second-order valence-corrected chi connectivity index (χ2v) is 8.28. The van der Waals surface area contributed by atoms with Crippen LogP contribution >= 0.6 is 0 Å². The Bertz CT molecular complexity index is 413. The smallest absolute Gasteiger partial charge is 0.228 e. The Kier molecular flexibility index (Phi) is 3.75. The van der Waals surface area contributed by atoms with Gasteiger partial charge in [-0.05, 0) is 12.8 Å². The average molecular weight is 257 g/mol. The Balaban J connectivity index is 2.78. The van der Waals surface area contributed by atoms with Gasteiger partial charge >= 0.3 is 0 Å². The van der Waals surface area contributed by atoms with Gasteiger partial charge in [-0.15, -0.1) is 0 Å². The quantitative estimate of drug-likeness (QED) is 0.684. The highest BCUT2D eigenvalue weighted by Gasteiger charge is 2.30. The van der Waals surface area contributed by atoms with Gasteiger partial charge in [0.25, 0.3) is 0 Å². The number of sulfone groups is 1. The van der Waals surface area contributed by atoms with Gasteiger partial charge in [0.05, 0.1) is 6.10 Å². The highest BCUT2D eigenvalue weighted by molar-refractivity contribution is 8.06. The third kappa shape index (κ3) is 4.06. The molecule has 1 unspecified atom stereocenters. The second-order valence-electron chi connectivity index (χ2n) is 3.81. The van der Waals surface area contributed by atoms with Crippen molar-refractivity contribution >= 4 is 19.9 Å². The van der Waals surface area contributed by atoms with Crippen molar-refractivity contribution in [3.63, 3.8) is 0 Å². The number of aliphatic hydroxyl groups is 1. The summed E-state index contributed by atoms with van der Waals surface area (Å²) in [5.41, 5.74) is 0. The highest BCUT2D eigenvalue weighted by atomic mass is 32.3. The molecule has 90 valence electrons. The predicted octanol–water partition coefficient (Wildman–Crippen LogP) is -1.22. The van der Waals surface area contributed by atoms with Crippen LogP contribution in [0.3, 0.4) is 0 Å². The molecule has 1 fully saturated rings. The predicted molar refractivity (Wildman–Crippen MR) is 55.4 cm³/mol. The minimum Gasteiger partial charge on any atom is -0.392 e. The second kappa shape index (κ2) is 4.36. The van der Waals surface area contributed by atoms with Gasteiger partial charge in [-0.25, -0.2) is 16.8 Å². The number of hydrogen-bond donors (Lipinski definition) is 1. The maximum Gasteiger partial charge on any atom is 0.228 e. The molecular formula is C7H15NO5S2. The Morgan fingerprint density at radius 3 is 2.40 bits per heavy atom. The zero-order valence-electron chi connectivity index (χ0n) is 8.46. The van der Waals surface area contributed by atoms with E-state index >= 15 is 0 Å². The zero-order valence-corrected chi connectivity index (χ0v) is 10.1. The van der Waals surface area contributed by atoms with Gasteiger partial charge in [0.2, 0.25) is 10.0 Å². The van der Waals surface area contributed by atoms with Crippen LogP contribution in [0.2, 0.25) is 0 Å². The molecule has 1 rings (SSSR count). The van der Waals surface area contributed by atoms with Crippen molar-refractivity contribution in [2.24, 2.45) is 0 Å². The third-order valence-electron chi connectivity index (χ3n) is 2.12. The van der Waals surface area contributed by atoms with Crippen molar-refractivity contribution in [2.75, 3.05) is 24.4 Å². The van der Waals surface area contributed by atoms with E-state index in [1.807, 2.05) is 0 Å². The van der Waals surface area contributed by atoms with Crippen LogP contribution in [0, 0.1) is 0 Å². The molecule has 0 bridgehead atoms. The summed E-state index contributed by atoms with van der Waals surface area (Å²) in [5.74, 6) is 0. The molecule has 6 nitrogen and oxygen atoms in total. The number of sulfonamides is 1. The Morgan fingerprint density at radius 1 is 1.33 bits per heavy atom. The Labute approximate surface area is 89.9 Å². The van der Waals surface area contributed by atoms with Gasteiger partial charge in [-0.2, -0.15) is 4.31 Å². The van der Waals surface area contributed by atoms with Crippen molar-refractivity contribution in [3.8, 4) is 0 Å². The van der Waals surface area contributed by atoms with Gasteiger partial charge < -0.3 is 5.11 Å². The molecule has 1 aliphatic heterocycles. The van der Waals surface area contributed by atoms with Crippen LogP contribution in [0.5, 0.6) is 0 Å². The summed E-state index contributed by atoms with van der Waals surface area (Å²) in [6.45, 7) is 0.284. The molecule has 0 radical (unpaired) electrons. The largest absolute Gasteiger partial charge is 0.392 e. The molecule has 1 atom stereocenters. The van der Waals surface area contributed by atoms with Crippen LogP contribution < -0.4 is 0 Å². The van der Waals surface area contributed by atoms with Crippen molar-refractivity contribution < 1.29 is 21.9 Å². The van der Waals surface area contributed by atoms with Gasteiger partial charge in [0.1, 0.15) is 0 Å². The molecule has 0 saturated carbocycles. The van der Waals surface area contributed by atoms with Crippen LogP contribution in [-0.2, 0) is 19.9 Å². The van der Waals surface area contributed by atoms with Crippen molar-refractivity contribution in [1.82, 2.24) is 4.31 Å². The molecule has 1 heterocycles. The van der Waals surface area contributed by atoms with E-state index in [0.29, 0.717) is 12.8 Å². The monoisotopic (exact) mass is 257 g/mol. The number of β-amino-alcohol motifs (C(OH)–C–C–N with tert-alkyl or cyclic N) is 1. The van der Waals surface area contributed by atoms with E-state index in [0.717, 1.165) is 10.6 Å². The molecule has 1 N–H and O–H groups in total. The van der Waals surface area contributed by atoms with E-state index in [2.05, 4.69) is 0 Å². The molecular weight excluding hydrogens is 242 g/mol. The van der Waals surface area contributed by atoms with Gasteiger partial charge in [-0.1, -0.05) is 0 Å². The molecule has 0 amide bonds.